The van der Waals surface area contributed by atoms with Crippen molar-refractivity contribution < 1.29 is 4.79 Å². The largest absolute Gasteiger partial charge is 0.353 e. The van der Waals surface area contributed by atoms with Gasteiger partial charge in [-0.25, -0.2) is 0 Å². The number of hydrogen-bond acceptors (Lipinski definition) is 2. The van der Waals surface area contributed by atoms with E-state index in [1.807, 2.05) is 11.8 Å². The Labute approximate surface area is 111 Å². The molecule has 17 heavy (non-hydrogen) atoms. The molecule has 0 saturated carbocycles. The lowest BCUT2D eigenvalue weighted by Gasteiger charge is -2.03. The molecule has 0 rings (SSSR count). The summed E-state index contributed by atoms with van der Waals surface area (Å²) in [5.74, 6) is 2.35. The molecular weight excluding hydrogens is 230 g/mol. The Hall–Kier alpha value is -0.440. The van der Waals surface area contributed by atoms with E-state index >= 15 is 0 Å². The maximum Gasteiger partial charge on any atom is 0.243 e. The first-order chi connectivity index (χ1) is 8.31. The number of carbonyl (C=O) groups is 1. The first-order valence-corrected chi connectivity index (χ1v) is 7.94. The number of rotatable bonds is 12. The second-order valence-electron chi connectivity index (χ2n) is 4.23. The van der Waals surface area contributed by atoms with Crippen LogP contribution in [0.15, 0.2) is 12.7 Å². The van der Waals surface area contributed by atoms with Crippen LogP contribution in [0.3, 0.4) is 0 Å². The number of amides is 1. The smallest absolute Gasteiger partial charge is 0.243 e. The summed E-state index contributed by atoms with van der Waals surface area (Å²) in [4.78, 5) is 10.8. The summed E-state index contributed by atoms with van der Waals surface area (Å²) >= 11 is 2.00. The van der Waals surface area contributed by atoms with E-state index in [2.05, 4.69) is 18.8 Å². The summed E-state index contributed by atoms with van der Waals surface area (Å²) in [6, 6.07) is 0. The van der Waals surface area contributed by atoms with Crippen LogP contribution in [-0.4, -0.2) is 24.0 Å². The van der Waals surface area contributed by atoms with E-state index in [1.165, 1.54) is 50.4 Å². The van der Waals surface area contributed by atoms with Gasteiger partial charge in [-0.3, -0.25) is 4.79 Å². The molecule has 100 valence electrons. The Morgan fingerprint density at radius 3 is 2.47 bits per heavy atom. The van der Waals surface area contributed by atoms with Gasteiger partial charge >= 0.3 is 0 Å². The van der Waals surface area contributed by atoms with Crippen molar-refractivity contribution >= 4 is 17.7 Å². The van der Waals surface area contributed by atoms with Gasteiger partial charge in [-0.15, -0.1) is 0 Å². The number of carbonyl (C=O) groups excluding carboxylic acids is 1. The van der Waals surface area contributed by atoms with Crippen LogP contribution in [-0.2, 0) is 4.79 Å². The molecule has 0 bridgehead atoms. The van der Waals surface area contributed by atoms with Gasteiger partial charge in [-0.05, 0) is 30.4 Å². The van der Waals surface area contributed by atoms with Gasteiger partial charge < -0.3 is 5.32 Å². The van der Waals surface area contributed by atoms with Crippen molar-refractivity contribution in [3.8, 4) is 0 Å². The van der Waals surface area contributed by atoms with E-state index in [-0.39, 0.29) is 5.91 Å². The molecule has 0 atom stereocenters. The molecule has 0 aliphatic carbocycles. The van der Waals surface area contributed by atoms with E-state index in [9.17, 15) is 4.79 Å². The standard InChI is InChI=1S/C14H27NOS/c1-3-5-6-7-8-9-12-17-13-10-11-15-14(16)4-2/h4H,2-3,5-13H2,1H3,(H,15,16). The molecule has 0 unspecified atom stereocenters. The molecule has 0 aromatic rings. The Kier molecular flexibility index (Phi) is 13.3. The quantitative estimate of drug-likeness (QED) is 0.426. The lowest BCUT2D eigenvalue weighted by atomic mass is 10.1. The number of nitrogens with one attached hydrogen (secondary N) is 1. The molecule has 0 heterocycles. The van der Waals surface area contributed by atoms with Gasteiger partial charge in [0.1, 0.15) is 0 Å². The first kappa shape index (κ1) is 16.6. The van der Waals surface area contributed by atoms with Crippen LogP contribution in [0.5, 0.6) is 0 Å². The van der Waals surface area contributed by atoms with Gasteiger partial charge in [0.05, 0.1) is 0 Å². The Morgan fingerprint density at radius 2 is 1.76 bits per heavy atom. The van der Waals surface area contributed by atoms with Gasteiger partial charge in [0.15, 0.2) is 0 Å². The summed E-state index contributed by atoms with van der Waals surface area (Å²) in [6.45, 7) is 6.44. The summed E-state index contributed by atoms with van der Waals surface area (Å²) in [5, 5.41) is 2.79. The lowest BCUT2D eigenvalue weighted by Crippen LogP contribution is -2.22. The van der Waals surface area contributed by atoms with Crippen LogP contribution in [0, 0.1) is 0 Å². The number of thioether (sulfide) groups is 1. The summed E-state index contributed by atoms with van der Waals surface area (Å²) < 4.78 is 0. The maximum absolute atomic E-state index is 10.8. The van der Waals surface area contributed by atoms with E-state index in [4.69, 9.17) is 0 Å². The third-order valence-electron chi connectivity index (χ3n) is 2.59. The first-order valence-electron chi connectivity index (χ1n) is 6.79. The van der Waals surface area contributed by atoms with Crippen LogP contribution >= 0.6 is 11.8 Å². The summed E-state index contributed by atoms with van der Waals surface area (Å²) in [7, 11) is 0. The molecule has 1 N–H and O–H groups in total. The molecule has 3 heteroatoms. The third-order valence-corrected chi connectivity index (χ3v) is 3.75. The zero-order chi connectivity index (χ0) is 12.8. The lowest BCUT2D eigenvalue weighted by molar-refractivity contribution is -0.116. The second kappa shape index (κ2) is 13.6. The van der Waals surface area contributed by atoms with E-state index < -0.39 is 0 Å². The van der Waals surface area contributed by atoms with Gasteiger partial charge in [-0.2, -0.15) is 11.8 Å². The average Bonchev–Trinajstić information content (AvgIpc) is 2.35. The molecule has 0 aliphatic rings. The molecule has 0 aromatic carbocycles. The van der Waals surface area contributed by atoms with Crippen LogP contribution in [0.4, 0.5) is 0 Å². The van der Waals surface area contributed by atoms with Gasteiger partial charge in [0.2, 0.25) is 5.91 Å². The average molecular weight is 257 g/mol. The van der Waals surface area contributed by atoms with Crippen molar-refractivity contribution in [1.29, 1.82) is 0 Å². The van der Waals surface area contributed by atoms with Crippen LogP contribution in [0.25, 0.3) is 0 Å². The molecule has 0 saturated heterocycles. The van der Waals surface area contributed by atoms with Crippen molar-refractivity contribution in [2.45, 2.75) is 51.9 Å². The fourth-order valence-corrected chi connectivity index (χ4v) is 2.51. The molecular formula is C14H27NOS. The number of hydrogen-bond donors (Lipinski definition) is 1. The zero-order valence-electron chi connectivity index (χ0n) is 11.2. The predicted octanol–water partition coefficient (Wildman–Crippen LogP) is 3.77. The van der Waals surface area contributed by atoms with Crippen LogP contribution in [0.2, 0.25) is 0 Å². The molecule has 0 spiro atoms. The highest BCUT2D eigenvalue weighted by Gasteiger charge is 1.94. The SMILES string of the molecule is C=CC(=O)NCCCSCCCCCCCC. The minimum Gasteiger partial charge on any atom is -0.353 e. The van der Waals surface area contributed by atoms with Gasteiger partial charge in [-0.1, -0.05) is 45.6 Å². The molecule has 0 aliphatic heterocycles. The van der Waals surface area contributed by atoms with E-state index in [1.54, 1.807) is 0 Å². The normalized spacial score (nSPS) is 10.2. The van der Waals surface area contributed by atoms with Crippen LogP contribution in [0.1, 0.15) is 51.9 Å². The van der Waals surface area contributed by atoms with Crippen LogP contribution < -0.4 is 5.32 Å². The zero-order valence-corrected chi connectivity index (χ0v) is 12.0. The number of unbranched alkanes of at least 4 members (excludes halogenated alkanes) is 5. The summed E-state index contributed by atoms with van der Waals surface area (Å²) in [5.41, 5.74) is 0. The Morgan fingerprint density at radius 1 is 1.12 bits per heavy atom. The summed E-state index contributed by atoms with van der Waals surface area (Å²) in [6.07, 6.45) is 10.6. The minimum atomic E-state index is -0.0640. The molecule has 0 aromatic heterocycles. The van der Waals surface area contributed by atoms with Crippen molar-refractivity contribution in [2.75, 3.05) is 18.1 Å². The molecule has 0 radical (unpaired) electrons. The highest BCUT2D eigenvalue weighted by molar-refractivity contribution is 7.99. The Bertz CT molecular complexity index is 195. The topological polar surface area (TPSA) is 29.1 Å². The Balaban J connectivity index is 2.98. The highest BCUT2D eigenvalue weighted by atomic mass is 32.2. The predicted molar refractivity (Wildman–Crippen MR) is 78.5 cm³/mol. The van der Waals surface area contributed by atoms with E-state index in [0.29, 0.717) is 0 Å². The fraction of sp³-hybridized carbons (Fsp3) is 0.786. The minimum absolute atomic E-state index is 0.0640. The molecule has 0 fully saturated rings. The van der Waals surface area contributed by atoms with Gasteiger partial charge in [0.25, 0.3) is 0 Å². The highest BCUT2D eigenvalue weighted by Crippen LogP contribution is 2.10. The van der Waals surface area contributed by atoms with Crippen molar-refractivity contribution in [3.05, 3.63) is 12.7 Å². The van der Waals surface area contributed by atoms with Crippen molar-refractivity contribution in [3.63, 3.8) is 0 Å². The molecule has 1 amide bonds. The molecule has 2 nitrogen and oxygen atoms in total. The van der Waals surface area contributed by atoms with Gasteiger partial charge in [0, 0.05) is 6.54 Å². The van der Waals surface area contributed by atoms with Crippen molar-refractivity contribution in [2.24, 2.45) is 0 Å². The second-order valence-corrected chi connectivity index (χ2v) is 5.45. The van der Waals surface area contributed by atoms with E-state index in [0.717, 1.165) is 18.7 Å². The van der Waals surface area contributed by atoms with Crippen molar-refractivity contribution in [1.82, 2.24) is 5.32 Å². The third kappa shape index (κ3) is 13.5. The monoisotopic (exact) mass is 257 g/mol. The fourth-order valence-electron chi connectivity index (χ4n) is 1.54. The maximum atomic E-state index is 10.8.